The minimum absolute atomic E-state index is 0.0232. The fourth-order valence-corrected chi connectivity index (χ4v) is 4.74. The van der Waals surface area contributed by atoms with Crippen LogP contribution < -0.4 is 10.9 Å². The molecule has 1 amide bonds. The van der Waals surface area contributed by atoms with Gasteiger partial charge >= 0.3 is 0 Å². The predicted molar refractivity (Wildman–Crippen MR) is 114 cm³/mol. The highest BCUT2D eigenvalue weighted by Crippen LogP contribution is 2.24. The lowest BCUT2D eigenvalue weighted by Crippen LogP contribution is -2.23. The largest absolute Gasteiger partial charge is 0.325 e. The van der Waals surface area contributed by atoms with Crippen molar-refractivity contribution in [2.45, 2.75) is 45.8 Å². The van der Waals surface area contributed by atoms with Crippen molar-refractivity contribution >= 4 is 44.9 Å². The van der Waals surface area contributed by atoms with Crippen molar-refractivity contribution in [2.24, 2.45) is 0 Å². The Kier molecular flexibility index (Phi) is 6.01. The van der Waals surface area contributed by atoms with Gasteiger partial charge in [0.1, 0.15) is 4.70 Å². The molecule has 142 valence electrons. The third-order valence-corrected chi connectivity index (χ3v) is 6.12. The van der Waals surface area contributed by atoms with Crippen LogP contribution in [0.1, 0.15) is 30.0 Å². The van der Waals surface area contributed by atoms with Crippen LogP contribution in [0.15, 0.2) is 33.5 Å². The van der Waals surface area contributed by atoms with E-state index >= 15 is 0 Å². The fourth-order valence-electron chi connectivity index (χ4n) is 3.14. The first-order valence-electron chi connectivity index (χ1n) is 8.89. The molecule has 0 saturated carbocycles. The van der Waals surface area contributed by atoms with Gasteiger partial charge < -0.3 is 5.32 Å². The van der Waals surface area contributed by atoms with Crippen molar-refractivity contribution in [3.63, 3.8) is 0 Å². The second kappa shape index (κ2) is 8.27. The van der Waals surface area contributed by atoms with E-state index in [1.807, 2.05) is 39.1 Å². The van der Waals surface area contributed by atoms with E-state index in [0.717, 1.165) is 23.2 Å². The number of hydrogen-bond acceptors (Lipinski definition) is 5. The Hall–Kier alpha value is -2.12. The Balaban J connectivity index is 1.79. The smallest absolute Gasteiger partial charge is 0.272 e. The van der Waals surface area contributed by atoms with Gasteiger partial charge in [0, 0.05) is 12.2 Å². The summed E-state index contributed by atoms with van der Waals surface area (Å²) in [5, 5.41) is 5.47. The molecule has 5 nitrogen and oxygen atoms in total. The van der Waals surface area contributed by atoms with Gasteiger partial charge in [-0.2, -0.15) is 0 Å². The lowest BCUT2D eigenvalue weighted by atomic mass is 10.1. The summed E-state index contributed by atoms with van der Waals surface area (Å²) in [6.07, 6.45) is 0.833. The number of thiophene rings is 1. The van der Waals surface area contributed by atoms with Gasteiger partial charge in [0.05, 0.1) is 11.3 Å². The average molecular weight is 402 g/mol. The normalized spacial score (nSPS) is 11.1. The van der Waals surface area contributed by atoms with Crippen LogP contribution in [0.5, 0.6) is 0 Å². The molecule has 0 radical (unpaired) electrons. The molecule has 0 fully saturated rings. The molecular formula is C20H23N3O2S2. The highest BCUT2D eigenvalue weighted by molar-refractivity contribution is 7.99. The van der Waals surface area contributed by atoms with Crippen LogP contribution in [-0.2, 0) is 11.3 Å². The first-order chi connectivity index (χ1) is 12.9. The number of amides is 1. The summed E-state index contributed by atoms with van der Waals surface area (Å²) in [5.41, 5.74) is 4.81. The van der Waals surface area contributed by atoms with Crippen LogP contribution >= 0.6 is 23.1 Å². The molecule has 0 atom stereocenters. The minimum Gasteiger partial charge on any atom is -0.325 e. The molecule has 0 aliphatic rings. The molecule has 0 aliphatic carbocycles. The van der Waals surface area contributed by atoms with Crippen molar-refractivity contribution in [1.29, 1.82) is 0 Å². The number of fused-ring (bicyclic) bond motifs is 1. The van der Waals surface area contributed by atoms with E-state index in [-0.39, 0.29) is 17.2 Å². The zero-order chi connectivity index (χ0) is 19.6. The summed E-state index contributed by atoms with van der Waals surface area (Å²) in [4.78, 5) is 29.8. The van der Waals surface area contributed by atoms with E-state index < -0.39 is 0 Å². The number of carbonyl (C=O) groups excluding carboxylic acids is 1. The molecule has 27 heavy (non-hydrogen) atoms. The first-order valence-corrected chi connectivity index (χ1v) is 10.8. The average Bonchev–Trinajstić information content (AvgIpc) is 3.08. The predicted octanol–water partition coefficient (Wildman–Crippen LogP) is 4.52. The summed E-state index contributed by atoms with van der Waals surface area (Å²) in [7, 11) is 0. The maximum Gasteiger partial charge on any atom is 0.272 e. The number of carbonyl (C=O) groups is 1. The zero-order valence-corrected chi connectivity index (χ0v) is 17.6. The van der Waals surface area contributed by atoms with E-state index in [0.29, 0.717) is 21.9 Å². The second-order valence-corrected chi connectivity index (χ2v) is 8.46. The molecule has 2 aromatic heterocycles. The second-order valence-electron chi connectivity index (χ2n) is 6.60. The summed E-state index contributed by atoms with van der Waals surface area (Å²) >= 11 is 2.71. The zero-order valence-electron chi connectivity index (χ0n) is 16.0. The number of nitrogens with zero attached hydrogens (tertiary/aromatic N) is 2. The molecule has 3 aromatic rings. The Morgan fingerprint density at radius 2 is 1.96 bits per heavy atom. The van der Waals surface area contributed by atoms with Crippen LogP contribution in [0.4, 0.5) is 5.69 Å². The van der Waals surface area contributed by atoms with Crippen molar-refractivity contribution in [3.8, 4) is 0 Å². The van der Waals surface area contributed by atoms with Gasteiger partial charge in [0.25, 0.3) is 5.56 Å². The maximum absolute atomic E-state index is 12.7. The molecule has 0 spiro atoms. The van der Waals surface area contributed by atoms with E-state index in [1.54, 1.807) is 4.57 Å². The molecule has 0 bridgehead atoms. The Bertz CT molecular complexity index is 1030. The lowest BCUT2D eigenvalue weighted by molar-refractivity contribution is -0.113. The van der Waals surface area contributed by atoms with Crippen molar-refractivity contribution in [2.75, 3.05) is 11.1 Å². The van der Waals surface area contributed by atoms with E-state index in [1.165, 1.54) is 28.7 Å². The topological polar surface area (TPSA) is 64.0 Å². The first kappa shape index (κ1) is 19.6. The number of rotatable bonds is 6. The van der Waals surface area contributed by atoms with Gasteiger partial charge in [-0.25, -0.2) is 4.98 Å². The molecule has 0 aliphatic heterocycles. The van der Waals surface area contributed by atoms with E-state index in [4.69, 9.17) is 0 Å². The number of benzene rings is 1. The van der Waals surface area contributed by atoms with Gasteiger partial charge in [-0.1, -0.05) is 36.4 Å². The quantitative estimate of drug-likeness (QED) is 0.487. The number of aromatic nitrogens is 2. The number of anilines is 1. The van der Waals surface area contributed by atoms with Crippen molar-refractivity contribution < 1.29 is 4.79 Å². The number of thioether (sulfide) groups is 1. The molecule has 1 N–H and O–H groups in total. The van der Waals surface area contributed by atoms with Crippen molar-refractivity contribution in [3.05, 3.63) is 50.6 Å². The highest BCUT2D eigenvalue weighted by atomic mass is 32.2. The third-order valence-electron chi connectivity index (χ3n) is 4.25. The van der Waals surface area contributed by atoms with E-state index in [9.17, 15) is 9.59 Å². The number of nitrogens with one attached hydrogen (secondary N) is 1. The number of hydrogen-bond donors (Lipinski definition) is 1. The third kappa shape index (κ3) is 4.25. The molecule has 1 aromatic carbocycles. The minimum atomic E-state index is -0.0993. The molecule has 3 rings (SSSR count). The summed E-state index contributed by atoms with van der Waals surface area (Å²) in [6, 6.07) is 5.96. The monoisotopic (exact) mass is 401 g/mol. The molecule has 0 saturated heterocycles. The molecule has 2 heterocycles. The van der Waals surface area contributed by atoms with Crippen molar-refractivity contribution in [1.82, 2.24) is 9.55 Å². The van der Waals surface area contributed by atoms with Crippen LogP contribution in [0.25, 0.3) is 10.2 Å². The number of aryl methyl sites for hydroxylation is 3. The SMILES string of the molecule is CCCn1c(SCC(=O)Nc2c(C)cc(C)cc2C)nc2ccsc2c1=O. The maximum atomic E-state index is 12.7. The van der Waals surface area contributed by atoms with Crippen LogP contribution in [0, 0.1) is 20.8 Å². The van der Waals surface area contributed by atoms with Gasteiger partial charge in [0.15, 0.2) is 5.16 Å². The van der Waals surface area contributed by atoms with E-state index in [2.05, 4.69) is 22.4 Å². The standard InChI is InChI=1S/C20H23N3O2S2/c1-5-7-23-19(25)18-15(6-8-26-18)21-20(23)27-11-16(24)22-17-13(3)9-12(2)10-14(17)4/h6,8-10H,5,7,11H2,1-4H3,(H,22,24). The van der Waals surface area contributed by atoms with Gasteiger partial charge in [-0.15, -0.1) is 11.3 Å². The Labute approximate surface area is 166 Å². The fraction of sp³-hybridized carbons (Fsp3) is 0.350. The van der Waals surface area contributed by atoms with Crippen LogP contribution in [0.2, 0.25) is 0 Å². The summed E-state index contributed by atoms with van der Waals surface area (Å²) in [6.45, 7) is 8.65. The highest BCUT2D eigenvalue weighted by Gasteiger charge is 2.14. The van der Waals surface area contributed by atoms with Gasteiger partial charge in [-0.3, -0.25) is 14.2 Å². The summed E-state index contributed by atoms with van der Waals surface area (Å²) in [5.74, 6) is 0.108. The molecule has 7 heteroatoms. The Morgan fingerprint density at radius 3 is 2.63 bits per heavy atom. The molecule has 0 unspecified atom stereocenters. The summed E-state index contributed by atoms with van der Waals surface area (Å²) < 4.78 is 2.35. The molecular weight excluding hydrogens is 378 g/mol. The lowest BCUT2D eigenvalue weighted by Gasteiger charge is -2.14. The van der Waals surface area contributed by atoms with Crippen LogP contribution in [-0.4, -0.2) is 21.2 Å². The van der Waals surface area contributed by atoms with Gasteiger partial charge in [-0.05, 0) is 49.8 Å². The van der Waals surface area contributed by atoms with Gasteiger partial charge in [0.2, 0.25) is 5.91 Å². The van der Waals surface area contributed by atoms with Crippen LogP contribution in [0.3, 0.4) is 0 Å². The Morgan fingerprint density at radius 1 is 1.26 bits per heavy atom.